The molecule has 5 nitrogen and oxygen atoms in total. The number of nitrogens with zero attached hydrogens (tertiary/aromatic N) is 3. The van der Waals surface area contributed by atoms with Gasteiger partial charge in [-0.05, 0) is 54.3 Å². The highest BCUT2D eigenvalue weighted by molar-refractivity contribution is 6.11. The second-order valence-electron chi connectivity index (χ2n) is 8.21. The maximum atomic E-state index is 5.08. The molecular formula is C27H35N5. The Labute approximate surface area is 192 Å². The molecule has 1 unspecified atom stereocenters. The van der Waals surface area contributed by atoms with E-state index in [9.17, 15) is 0 Å². The number of benzene rings is 1. The van der Waals surface area contributed by atoms with Crippen molar-refractivity contribution in [2.24, 2.45) is 4.99 Å². The summed E-state index contributed by atoms with van der Waals surface area (Å²) in [7, 11) is 5.85. The highest BCUT2D eigenvalue weighted by atomic mass is 15.1. The van der Waals surface area contributed by atoms with Crippen molar-refractivity contribution < 1.29 is 0 Å². The Bertz CT molecular complexity index is 1010. The minimum absolute atomic E-state index is 0.375. The van der Waals surface area contributed by atoms with E-state index in [2.05, 4.69) is 77.8 Å². The maximum absolute atomic E-state index is 5.08. The number of rotatable bonds is 9. The van der Waals surface area contributed by atoms with Gasteiger partial charge in [-0.25, -0.2) is 4.98 Å². The summed E-state index contributed by atoms with van der Waals surface area (Å²) in [5.74, 6) is 0.911. The number of allylic oxidation sites excluding steroid dienone is 4. The van der Waals surface area contributed by atoms with Gasteiger partial charge in [0.1, 0.15) is 5.82 Å². The van der Waals surface area contributed by atoms with Crippen LogP contribution < -0.4 is 10.6 Å². The quantitative estimate of drug-likeness (QED) is 0.430. The lowest BCUT2D eigenvalue weighted by Gasteiger charge is -2.18. The van der Waals surface area contributed by atoms with Crippen molar-refractivity contribution in [3.05, 3.63) is 72.5 Å². The third-order valence-electron chi connectivity index (χ3n) is 5.41. The fraction of sp³-hybridized carbons (Fsp3) is 0.333. The number of hydrogen-bond acceptors (Lipinski definition) is 5. The molecule has 1 aromatic carbocycles. The van der Waals surface area contributed by atoms with Gasteiger partial charge in [-0.2, -0.15) is 0 Å². The van der Waals surface area contributed by atoms with Gasteiger partial charge >= 0.3 is 0 Å². The van der Waals surface area contributed by atoms with Gasteiger partial charge in [0.25, 0.3) is 0 Å². The minimum atomic E-state index is 0.375. The highest BCUT2D eigenvalue weighted by Crippen LogP contribution is 2.29. The molecule has 1 aliphatic rings. The van der Waals surface area contributed by atoms with Crippen molar-refractivity contribution in [1.29, 1.82) is 0 Å². The molecule has 0 amide bonds. The van der Waals surface area contributed by atoms with Crippen LogP contribution in [0.2, 0.25) is 0 Å². The average Bonchev–Trinajstić information content (AvgIpc) is 3.30. The summed E-state index contributed by atoms with van der Waals surface area (Å²) in [5.41, 5.74) is 6.41. The molecular weight excluding hydrogens is 394 g/mol. The average molecular weight is 430 g/mol. The third-order valence-corrected chi connectivity index (χ3v) is 5.41. The molecule has 2 N–H and O–H groups in total. The van der Waals surface area contributed by atoms with Gasteiger partial charge in [-0.1, -0.05) is 43.9 Å². The minimum Gasteiger partial charge on any atom is -0.383 e. The first kappa shape index (κ1) is 23.5. The normalized spacial score (nSPS) is 17.1. The van der Waals surface area contributed by atoms with Gasteiger partial charge in [-0.15, -0.1) is 0 Å². The molecule has 0 saturated carbocycles. The first-order chi connectivity index (χ1) is 15.5. The lowest BCUT2D eigenvalue weighted by molar-refractivity contribution is 0.566. The van der Waals surface area contributed by atoms with Gasteiger partial charge in [0.2, 0.25) is 0 Å². The van der Waals surface area contributed by atoms with Crippen LogP contribution in [0.1, 0.15) is 30.9 Å². The summed E-state index contributed by atoms with van der Waals surface area (Å²) in [6.07, 6.45) is 10.1. The first-order valence-corrected chi connectivity index (χ1v) is 11.3. The van der Waals surface area contributed by atoms with Gasteiger partial charge < -0.3 is 15.5 Å². The van der Waals surface area contributed by atoms with Gasteiger partial charge in [0.05, 0.1) is 5.69 Å². The SMILES string of the molecule is C=C/C(=C\N(C)C)c1cccc(-c2ccc(/C(C=NC)=C/CC)c(NC3CCNC3)n2)c1. The Morgan fingerprint density at radius 3 is 2.78 bits per heavy atom. The second kappa shape index (κ2) is 11.4. The van der Waals surface area contributed by atoms with E-state index in [1.807, 2.05) is 38.3 Å². The van der Waals surface area contributed by atoms with Crippen LogP contribution in [-0.2, 0) is 0 Å². The van der Waals surface area contributed by atoms with Crippen molar-refractivity contribution in [1.82, 2.24) is 15.2 Å². The van der Waals surface area contributed by atoms with Gasteiger partial charge in [0.15, 0.2) is 0 Å². The van der Waals surface area contributed by atoms with Crippen molar-refractivity contribution >= 4 is 23.2 Å². The monoisotopic (exact) mass is 429 g/mol. The number of anilines is 1. The first-order valence-electron chi connectivity index (χ1n) is 11.3. The van der Waals surface area contributed by atoms with Crippen molar-refractivity contribution in [3.8, 4) is 11.3 Å². The number of aliphatic imine (C=N–C) groups is 1. The lowest BCUT2D eigenvalue weighted by atomic mass is 10.0. The molecule has 2 aromatic rings. The Kier molecular flexibility index (Phi) is 8.40. The summed E-state index contributed by atoms with van der Waals surface area (Å²) in [6.45, 7) is 8.11. The Morgan fingerprint density at radius 1 is 1.28 bits per heavy atom. The molecule has 1 aliphatic heterocycles. The van der Waals surface area contributed by atoms with Crippen molar-refractivity contribution in [3.63, 3.8) is 0 Å². The van der Waals surface area contributed by atoms with Gasteiger partial charge in [0, 0.05) is 57.3 Å². The largest absolute Gasteiger partial charge is 0.383 e. The Hall–Kier alpha value is -3.18. The standard InChI is InChI=1S/C27H35N5/c1-6-9-23(17-28-3)25-12-13-26(31-27(25)30-24-14-15-29-18-24)22-11-8-10-21(16-22)20(7-2)19-32(4)5/h7-13,16-17,19,24,29H,2,6,14-15,18H2,1,3-5H3,(H,30,31)/b20-19+,23-9+,28-17?. The van der Waals surface area contributed by atoms with Crippen LogP contribution in [0.3, 0.4) is 0 Å². The molecule has 32 heavy (non-hydrogen) atoms. The molecule has 5 heteroatoms. The van der Waals surface area contributed by atoms with Crippen molar-refractivity contribution in [2.45, 2.75) is 25.8 Å². The summed E-state index contributed by atoms with van der Waals surface area (Å²) >= 11 is 0. The molecule has 1 aromatic heterocycles. The molecule has 168 valence electrons. The smallest absolute Gasteiger partial charge is 0.134 e. The van der Waals surface area contributed by atoms with E-state index < -0.39 is 0 Å². The van der Waals surface area contributed by atoms with Gasteiger partial charge in [-0.3, -0.25) is 4.99 Å². The number of nitrogens with one attached hydrogen (secondary N) is 2. The Balaban J connectivity index is 2.05. The zero-order valence-corrected chi connectivity index (χ0v) is 19.7. The molecule has 0 spiro atoms. The summed E-state index contributed by atoms with van der Waals surface area (Å²) in [6, 6.07) is 13.1. The van der Waals surface area contributed by atoms with Crippen LogP contribution in [0.15, 0.2) is 66.3 Å². The second-order valence-corrected chi connectivity index (χ2v) is 8.21. The molecule has 0 aliphatic carbocycles. The molecule has 1 fully saturated rings. The topological polar surface area (TPSA) is 52.5 Å². The molecule has 0 radical (unpaired) electrons. The number of aromatic nitrogens is 1. The van der Waals surface area contributed by atoms with Crippen LogP contribution in [0.25, 0.3) is 22.4 Å². The van der Waals surface area contributed by atoms with E-state index in [1.54, 1.807) is 0 Å². The van der Waals surface area contributed by atoms with E-state index >= 15 is 0 Å². The van der Waals surface area contributed by atoms with Crippen LogP contribution >= 0.6 is 0 Å². The molecule has 1 saturated heterocycles. The van der Waals surface area contributed by atoms with E-state index in [0.717, 1.165) is 65.3 Å². The van der Waals surface area contributed by atoms with E-state index in [-0.39, 0.29) is 0 Å². The zero-order valence-electron chi connectivity index (χ0n) is 19.7. The van der Waals surface area contributed by atoms with Crippen molar-refractivity contribution in [2.75, 3.05) is 39.5 Å². The van der Waals surface area contributed by atoms with Crippen LogP contribution in [0, 0.1) is 0 Å². The Morgan fingerprint density at radius 2 is 2.12 bits per heavy atom. The number of pyridine rings is 1. The molecule has 0 bridgehead atoms. The van der Waals surface area contributed by atoms with Crippen LogP contribution in [0.4, 0.5) is 5.82 Å². The van der Waals surface area contributed by atoms with Crippen LogP contribution in [-0.4, -0.2) is 56.4 Å². The molecule has 2 heterocycles. The molecule has 3 rings (SSSR count). The summed E-state index contributed by atoms with van der Waals surface area (Å²) in [4.78, 5) is 11.4. The predicted molar refractivity (Wildman–Crippen MR) is 139 cm³/mol. The lowest BCUT2D eigenvalue weighted by Crippen LogP contribution is -2.23. The fourth-order valence-electron chi connectivity index (χ4n) is 3.91. The summed E-state index contributed by atoms with van der Waals surface area (Å²) in [5, 5.41) is 7.11. The zero-order chi connectivity index (χ0) is 22.9. The fourth-order valence-corrected chi connectivity index (χ4v) is 3.91. The van der Waals surface area contributed by atoms with Crippen LogP contribution in [0.5, 0.6) is 0 Å². The number of hydrogen-bond donors (Lipinski definition) is 2. The van der Waals surface area contributed by atoms with E-state index in [4.69, 9.17) is 4.98 Å². The predicted octanol–water partition coefficient (Wildman–Crippen LogP) is 5.10. The maximum Gasteiger partial charge on any atom is 0.134 e. The van der Waals surface area contributed by atoms with E-state index in [1.165, 1.54) is 0 Å². The van der Waals surface area contributed by atoms with E-state index in [0.29, 0.717) is 6.04 Å². The molecule has 1 atom stereocenters. The third kappa shape index (κ3) is 5.95. The summed E-state index contributed by atoms with van der Waals surface area (Å²) < 4.78 is 0. The highest BCUT2D eigenvalue weighted by Gasteiger charge is 2.18.